The molecule has 1 fully saturated rings. The fourth-order valence-electron chi connectivity index (χ4n) is 2.34. The first-order valence-electron chi connectivity index (χ1n) is 5.78. The average Bonchev–Trinajstić information content (AvgIpc) is 2.77. The Morgan fingerprint density at radius 2 is 2.27 bits per heavy atom. The first-order chi connectivity index (χ1) is 7.25. The summed E-state index contributed by atoms with van der Waals surface area (Å²) in [6.07, 6.45) is 8.71. The molecule has 0 saturated heterocycles. The van der Waals surface area contributed by atoms with E-state index in [0.29, 0.717) is 0 Å². The van der Waals surface area contributed by atoms with E-state index >= 15 is 0 Å². The molecule has 1 aliphatic rings. The van der Waals surface area contributed by atoms with Crippen LogP contribution in [-0.2, 0) is 7.05 Å². The number of hydrogen-bond acceptors (Lipinski definition) is 3. The van der Waals surface area contributed by atoms with Gasteiger partial charge >= 0.3 is 0 Å². The molecule has 0 spiro atoms. The standard InChI is InChI=1S/C11H20N4/c1-15-8-10(12)11(14-15)13-7-6-9-4-2-3-5-9/h8-9H,2-7,12H2,1H3,(H,13,14). The molecule has 1 heterocycles. The highest BCUT2D eigenvalue weighted by atomic mass is 15.3. The first kappa shape index (κ1) is 10.3. The van der Waals surface area contributed by atoms with Crippen LogP contribution in [0.3, 0.4) is 0 Å². The van der Waals surface area contributed by atoms with E-state index in [0.717, 1.165) is 24.0 Å². The minimum atomic E-state index is 0.740. The van der Waals surface area contributed by atoms with E-state index < -0.39 is 0 Å². The van der Waals surface area contributed by atoms with Crippen molar-refractivity contribution < 1.29 is 0 Å². The summed E-state index contributed by atoms with van der Waals surface area (Å²) >= 11 is 0. The Balaban J connectivity index is 1.75. The minimum Gasteiger partial charge on any atom is -0.394 e. The lowest BCUT2D eigenvalue weighted by molar-refractivity contribution is 0.518. The van der Waals surface area contributed by atoms with Crippen LogP contribution in [-0.4, -0.2) is 16.3 Å². The van der Waals surface area contributed by atoms with Crippen molar-refractivity contribution in [2.75, 3.05) is 17.6 Å². The van der Waals surface area contributed by atoms with Crippen molar-refractivity contribution in [3.8, 4) is 0 Å². The summed E-state index contributed by atoms with van der Waals surface area (Å²) in [6.45, 7) is 0.992. The maximum absolute atomic E-state index is 5.79. The highest BCUT2D eigenvalue weighted by Gasteiger charge is 2.14. The second-order valence-corrected chi connectivity index (χ2v) is 4.47. The topological polar surface area (TPSA) is 55.9 Å². The third-order valence-corrected chi connectivity index (χ3v) is 3.18. The molecule has 0 aliphatic heterocycles. The van der Waals surface area contributed by atoms with E-state index in [2.05, 4.69) is 10.4 Å². The summed E-state index contributed by atoms with van der Waals surface area (Å²) in [4.78, 5) is 0. The molecule has 0 unspecified atom stereocenters. The van der Waals surface area contributed by atoms with Gasteiger partial charge in [-0.1, -0.05) is 25.7 Å². The molecule has 1 aromatic heterocycles. The van der Waals surface area contributed by atoms with Crippen LogP contribution in [0.4, 0.5) is 11.5 Å². The van der Waals surface area contributed by atoms with Gasteiger partial charge in [-0.15, -0.1) is 0 Å². The van der Waals surface area contributed by atoms with Gasteiger partial charge < -0.3 is 11.1 Å². The van der Waals surface area contributed by atoms with Gasteiger partial charge in [-0.2, -0.15) is 5.10 Å². The van der Waals surface area contributed by atoms with Gasteiger partial charge in [-0.05, 0) is 12.3 Å². The van der Waals surface area contributed by atoms with Crippen LogP contribution in [0, 0.1) is 5.92 Å². The number of hydrogen-bond donors (Lipinski definition) is 2. The average molecular weight is 208 g/mol. The van der Waals surface area contributed by atoms with E-state index in [1.54, 1.807) is 4.68 Å². The highest BCUT2D eigenvalue weighted by Crippen LogP contribution is 2.27. The van der Waals surface area contributed by atoms with E-state index in [9.17, 15) is 0 Å². The molecule has 3 N–H and O–H groups in total. The van der Waals surface area contributed by atoms with E-state index in [-0.39, 0.29) is 0 Å². The van der Waals surface area contributed by atoms with Gasteiger partial charge in [-0.25, -0.2) is 0 Å². The third kappa shape index (κ3) is 2.64. The zero-order valence-corrected chi connectivity index (χ0v) is 9.37. The quantitative estimate of drug-likeness (QED) is 0.795. The molecule has 0 aromatic carbocycles. The molecule has 0 amide bonds. The number of aryl methyl sites for hydroxylation is 1. The molecule has 84 valence electrons. The largest absolute Gasteiger partial charge is 0.394 e. The molecule has 4 heteroatoms. The fourth-order valence-corrected chi connectivity index (χ4v) is 2.34. The lowest BCUT2D eigenvalue weighted by atomic mass is 10.0. The molecule has 0 radical (unpaired) electrons. The van der Waals surface area contributed by atoms with Crippen LogP contribution < -0.4 is 11.1 Å². The van der Waals surface area contributed by atoms with E-state index in [1.807, 2.05) is 13.2 Å². The maximum atomic E-state index is 5.79. The molecule has 1 saturated carbocycles. The Hall–Kier alpha value is -1.19. The Bertz CT molecular complexity index is 312. The minimum absolute atomic E-state index is 0.740. The number of nitrogens with zero attached hydrogens (tertiary/aromatic N) is 2. The van der Waals surface area contributed by atoms with Crippen molar-refractivity contribution in [2.45, 2.75) is 32.1 Å². The van der Waals surface area contributed by atoms with Crippen LogP contribution in [0.15, 0.2) is 6.20 Å². The number of rotatable bonds is 4. The Morgan fingerprint density at radius 3 is 2.87 bits per heavy atom. The normalized spacial score (nSPS) is 17.1. The van der Waals surface area contributed by atoms with Gasteiger partial charge in [-0.3, -0.25) is 4.68 Å². The van der Waals surface area contributed by atoms with Crippen LogP contribution in [0.5, 0.6) is 0 Å². The van der Waals surface area contributed by atoms with E-state index in [4.69, 9.17) is 5.73 Å². The Morgan fingerprint density at radius 1 is 1.53 bits per heavy atom. The molecule has 0 atom stereocenters. The van der Waals surface area contributed by atoms with Crippen molar-refractivity contribution in [3.63, 3.8) is 0 Å². The lowest BCUT2D eigenvalue weighted by Gasteiger charge is -2.09. The van der Waals surface area contributed by atoms with Crippen LogP contribution in [0.25, 0.3) is 0 Å². The summed E-state index contributed by atoms with van der Waals surface area (Å²) in [5.41, 5.74) is 6.53. The predicted molar refractivity (Wildman–Crippen MR) is 62.7 cm³/mol. The van der Waals surface area contributed by atoms with Gasteiger partial charge in [0.1, 0.15) is 0 Å². The number of nitrogens with two attached hydrogens (primary N) is 1. The van der Waals surface area contributed by atoms with Crippen LogP contribution >= 0.6 is 0 Å². The number of nitrogens with one attached hydrogen (secondary N) is 1. The molecular formula is C11H20N4. The molecule has 2 rings (SSSR count). The zero-order chi connectivity index (χ0) is 10.7. The molecular weight excluding hydrogens is 188 g/mol. The smallest absolute Gasteiger partial charge is 0.171 e. The van der Waals surface area contributed by atoms with Crippen LogP contribution in [0.1, 0.15) is 32.1 Å². The van der Waals surface area contributed by atoms with Crippen LogP contribution in [0.2, 0.25) is 0 Å². The molecule has 4 nitrogen and oxygen atoms in total. The summed E-state index contributed by atoms with van der Waals surface area (Å²) in [6, 6.07) is 0. The zero-order valence-electron chi connectivity index (χ0n) is 9.37. The van der Waals surface area contributed by atoms with Crippen molar-refractivity contribution in [2.24, 2.45) is 13.0 Å². The highest BCUT2D eigenvalue weighted by molar-refractivity contribution is 5.59. The van der Waals surface area contributed by atoms with Crippen molar-refractivity contribution in [3.05, 3.63) is 6.20 Å². The molecule has 1 aromatic rings. The van der Waals surface area contributed by atoms with Gasteiger partial charge in [0.2, 0.25) is 0 Å². The summed E-state index contributed by atoms with van der Waals surface area (Å²) in [5, 5.41) is 7.56. The Labute approximate surface area is 90.8 Å². The summed E-state index contributed by atoms with van der Waals surface area (Å²) < 4.78 is 1.74. The maximum Gasteiger partial charge on any atom is 0.171 e. The second kappa shape index (κ2) is 4.55. The molecule has 0 bridgehead atoms. The number of anilines is 2. The fraction of sp³-hybridized carbons (Fsp3) is 0.727. The summed E-state index contributed by atoms with van der Waals surface area (Å²) in [7, 11) is 1.89. The lowest BCUT2D eigenvalue weighted by Crippen LogP contribution is -2.08. The first-order valence-corrected chi connectivity index (χ1v) is 5.78. The molecule has 15 heavy (non-hydrogen) atoms. The van der Waals surface area contributed by atoms with E-state index in [1.165, 1.54) is 32.1 Å². The van der Waals surface area contributed by atoms with Gasteiger partial charge in [0.15, 0.2) is 5.82 Å². The van der Waals surface area contributed by atoms with Crippen molar-refractivity contribution in [1.82, 2.24) is 9.78 Å². The number of nitrogen functional groups attached to an aromatic ring is 1. The predicted octanol–water partition coefficient (Wildman–Crippen LogP) is 1.99. The second-order valence-electron chi connectivity index (χ2n) is 4.47. The van der Waals surface area contributed by atoms with Crippen molar-refractivity contribution >= 4 is 11.5 Å². The van der Waals surface area contributed by atoms with Gasteiger partial charge in [0, 0.05) is 19.8 Å². The Kier molecular flexibility index (Phi) is 3.14. The number of aromatic nitrogens is 2. The monoisotopic (exact) mass is 208 g/mol. The van der Waals surface area contributed by atoms with Gasteiger partial charge in [0.25, 0.3) is 0 Å². The van der Waals surface area contributed by atoms with Gasteiger partial charge in [0.05, 0.1) is 5.69 Å². The third-order valence-electron chi connectivity index (χ3n) is 3.18. The molecule has 1 aliphatic carbocycles. The SMILES string of the molecule is Cn1cc(N)c(NCCC2CCCC2)n1. The summed E-state index contributed by atoms with van der Waals surface area (Å²) in [5.74, 6) is 1.75. The van der Waals surface area contributed by atoms with Crippen molar-refractivity contribution in [1.29, 1.82) is 0 Å².